The molecule has 0 atom stereocenters. The molecule has 1 N–H and O–H groups in total. The van der Waals surface area contributed by atoms with Gasteiger partial charge in [0.15, 0.2) is 0 Å². The summed E-state index contributed by atoms with van der Waals surface area (Å²) in [6, 6.07) is 11.3. The lowest BCUT2D eigenvalue weighted by Gasteiger charge is -2.35. The number of anilines is 3. The number of benzene rings is 2. The normalized spacial score (nSPS) is 15.9. The number of carbonyl (C=O) groups is 3. The molecule has 4 rings (SSSR count). The predicted octanol–water partition coefficient (Wildman–Crippen LogP) is 1.86. The summed E-state index contributed by atoms with van der Waals surface area (Å²) in [4.78, 5) is 52.8. The zero-order chi connectivity index (χ0) is 22.1. The summed E-state index contributed by atoms with van der Waals surface area (Å²) in [6.45, 7) is 3.22. The van der Waals surface area contributed by atoms with E-state index in [0.29, 0.717) is 43.2 Å². The summed E-state index contributed by atoms with van der Waals surface area (Å²) in [5.41, 5.74) is 1.40. The molecule has 0 spiro atoms. The molecule has 2 heterocycles. The summed E-state index contributed by atoms with van der Waals surface area (Å²) < 4.78 is 0. The second-order valence-corrected chi connectivity index (χ2v) is 7.41. The van der Waals surface area contributed by atoms with E-state index in [-0.39, 0.29) is 29.6 Å². The molecule has 1 fully saturated rings. The van der Waals surface area contributed by atoms with E-state index in [0.717, 1.165) is 0 Å². The SMILES string of the molecule is CC(=O)N1CCN(c2ccc(C(=O)N3CC(=O)Nc4ccccc43)cc2[N+](=O)[O-])CC1. The van der Waals surface area contributed by atoms with Gasteiger partial charge in [0, 0.05) is 44.7 Å². The van der Waals surface area contributed by atoms with Crippen LogP contribution in [0.2, 0.25) is 0 Å². The lowest BCUT2D eigenvalue weighted by atomic mass is 10.1. The lowest BCUT2D eigenvalue weighted by molar-refractivity contribution is -0.384. The minimum Gasteiger partial charge on any atom is -0.362 e. The van der Waals surface area contributed by atoms with Gasteiger partial charge in [-0.1, -0.05) is 12.1 Å². The van der Waals surface area contributed by atoms with Gasteiger partial charge in [-0.3, -0.25) is 29.4 Å². The second kappa shape index (κ2) is 8.05. The van der Waals surface area contributed by atoms with Crippen LogP contribution in [0.5, 0.6) is 0 Å². The monoisotopic (exact) mass is 423 g/mol. The van der Waals surface area contributed by atoms with Crippen molar-refractivity contribution in [1.29, 1.82) is 0 Å². The molecule has 2 aromatic rings. The van der Waals surface area contributed by atoms with Crippen LogP contribution in [-0.4, -0.2) is 60.3 Å². The van der Waals surface area contributed by atoms with E-state index in [1.807, 2.05) is 4.90 Å². The van der Waals surface area contributed by atoms with Gasteiger partial charge in [0.25, 0.3) is 11.6 Å². The van der Waals surface area contributed by atoms with Crippen molar-refractivity contribution in [2.75, 3.05) is 47.8 Å². The number of amides is 3. The Balaban J connectivity index is 1.63. The summed E-state index contributed by atoms with van der Waals surface area (Å²) in [7, 11) is 0. The zero-order valence-electron chi connectivity index (χ0n) is 16.9. The van der Waals surface area contributed by atoms with E-state index < -0.39 is 10.8 Å². The number of nitrogens with zero attached hydrogens (tertiary/aromatic N) is 4. The number of nitro groups is 1. The first-order chi connectivity index (χ1) is 14.8. The first-order valence-corrected chi connectivity index (χ1v) is 9.85. The molecule has 2 aliphatic heterocycles. The van der Waals surface area contributed by atoms with Crippen LogP contribution < -0.4 is 15.1 Å². The standard InChI is InChI=1S/C21H21N5O5/c1-14(27)23-8-10-24(11-9-23)18-7-6-15(12-19(18)26(30)31)21(29)25-13-20(28)22-16-4-2-3-5-17(16)25/h2-7,12H,8-11,13H2,1H3,(H,22,28). The number of fused-ring (bicyclic) bond motifs is 1. The molecule has 10 heteroatoms. The zero-order valence-corrected chi connectivity index (χ0v) is 16.9. The fraction of sp³-hybridized carbons (Fsp3) is 0.286. The number of piperazine rings is 1. The van der Waals surface area contributed by atoms with Crippen LogP contribution in [0, 0.1) is 10.1 Å². The van der Waals surface area contributed by atoms with Crippen LogP contribution in [0.25, 0.3) is 0 Å². The Kier molecular flexibility index (Phi) is 5.28. The topological polar surface area (TPSA) is 116 Å². The molecule has 3 amide bonds. The van der Waals surface area contributed by atoms with E-state index >= 15 is 0 Å². The maximum atomic E-state index is 13.2. The van der Waals surface area contributed by atoms with Gasteiger partial charge < -0.3 is 15.1 Å². The third kappa shape index (κ3) is 3.91. The first kappa shape index (κ1) is 20.3. The Morgan fingerprint density at radius 2 is 1.74 bits per heavy atom. The van der Waals surface area contributed by atoms with Crippen LogP contribution >= 0.6 is 0 Å². The Morgan fingerprint density at radius 1 is 1.03 bits per heavy atom. The molecular formula is C21H21N5O5. The largest absolute Gasteiger partial charge is 0.362 e. The van der Waals surface area contributed by atoms with Crippen molar-refractivity contribution in [1.82, 2.24) is 4.90 Å². The Bertz CT molecular complexity index is 1080. The molecule has 31 heavy (non-hydrogen) atoms. The second-order valence-electron chi connectivity index (χ2n) is 7.41. The van der Waals surface area contributed by atoms with Crippen LogP contribution in [0.15, 0.2) is 42.5 Å². The summed E-state index contributed by atoms with van der Waals surface area (Å²) in [5.74, 6) is -0.846. The van der Waals surface area contributed by atoms with Crippen molar-refractivity contribution in [3.05, 3.63) is 58.1 Å². The van der Waals surface area contributed by atoms with Gasteiger partial charge in [-0.15, -0.1) is 0 Å². The predicted molar refractivity (Wildman–Crippen MR) is 114 cm³/mol. The Hall–Kier alpha value is -3.95. The van der Waals surface area contributed by atoms with Crippen LogP contribution in [-0.2, 0) is 9.59 Å². The Morgan fingerprint density at radius 3 is 2.42 bits per heavy atom. The number of hydrogen-bond donors (Lipinski definition) is 1. The van der Waals surface area contributed by atoms with Gasteiger partial charge in [-0.25, -0.2) is 0 Å². The minimum absolute atomic E-state index is 0.0269. The van der Waals surface area contributed by atoms with Crippen LogP contribution in [0.1, 0.15) is 17.3 Å². The summed E-state index contributed by atoms with van der Waals surface area (Å²) in [5, 5.41) is 14.5. The highest BCUT2D eigenvalue weighted by molar-refractivity contribution is 6.15. The van der Waals surface area contributed by atoms with Gasteiger partial charge in [0.1, 0.15) is 12.2 Å². The van der Waals surface area contributed by atoms with Crippen molar-refractivity contribution >= 4 is 40.5 Å². The van der Waals surface area contributed by atoms with Crippen molar-refractivity contribution < 1.29 is 19.3 Å². The maximum absolute atomic E-state index is 13.2. The quantitative estimate of drug-likeness (QED) is 0.595. The third-order valence-corrected chi connectivity index (χ3v) is 5.50. The molecule has 2 aromatic carbocycles. The highest BCUT2D eigenvalue weighted by atomic mass is 16.6. The van der Waals surface area contributed by atoms with E-state index in [1.54, 1.807) is 35.2 Å². The number of nitrogens with one attached hydrogen (secondary N) is 1. The third-order valence-electron chi connectivity index (χ3n) is 5.50. The van der Waals surface area contributed by atoms with Crippen molar-refractivity contribution in [3.63, 3.8) is 0 Å². The highest BCUT2D eigenvalue weighted by Crippen LogP contribution is 2.33. The van der Waals surface area contributed by atoms with Crippen LogP contribution in [0.4, 0.5) is 22.7 Å². The fourth-order valence-electron chi connectivity index (χ4n) is 3.90. The molecule has 1 saturated heterocycles. The molecule has 10 nitrogen and oxygen atoms in total. The number of hydrogen-bond acceptors (Lipinski definition) is 6. The molecule has 0 aromatic heterocycles. The van der Waals surface area contributed by atoms with E-state index in [2.05, 4.69) is 5.32 Å². The summed E-state index contributed by atoms with van der Waals surface area (Å²) >= 11 is 0. The molecule has 0 bridgehead atoms. The van der Waals surface area contributed by atoms with Gasteiger partial charge in [-0.2, -0.15) is 0 Å². The number of para-hydroxylation sites is 2. The fourth-order valence-corrected chi connectivity index (χ4v) is 3.90. The average molecular weight is 423 g/mol. The first-order valence-electron chi connectivity index (χ1n) is 9.85. The van der Waals surface area contributed by atoms with Crippen LogP contribution in [0.3, 0.4) is 0 Å². The number of carbonyl (C=O) groups excluding carboxylic acids is 3. The summed E-state index contributed by atoms with van der Waals surface area (Å²) in [6.07, 6.45) is 0. The molecule has 2 aliphatic rings. The van der Waals surface area contributed by atoms with Crippen molar-refractivity contribution in [2.45, 2.75) is 6.92 Å². The molecule has 160 valence electrons. The number of rotatable bonds is 3. The van der Waals surface area contributed by atoms with Gasteiger partial charge in [0.2, 0.25) is 11.8 Å². The Labute approximate surface area is 178 Å². The minimum atomic E-state index is -0.514. The highest BCUT2D eigenvalue weighted by Gasteiger charge is 2.30. The van der Waals surface area contributed by atoms with E-state index in [1.165, 1.54) is 24.0 Å². The maximum Gasteiger partial charge on any atom is 0.293 e. The molecular weight excluding hydrogens is 402 g/mol. The van der Waals surface area contributed by atoms with E-state index in [4.69, 9.17) is 0 Å². The van der Waals surface area contributed by atoms with Crippen molar-refractivity contribution in [3.8, 4) is 0 Å². The van der Waals surface area contributed by atoms with Crippen molar-refractivity contribution in [2.24, 2.45) is 0 Å². The molecule has 0 aliphatic carbocycles. The van der Waals surface area contributed by atoms with Gasteiger partial charge >= 0.3 is 0 Å². The number of nitro benzene ring substituents is 1. The molecule has 0 unspecified atom stereocenters. The molecule has 0 saturated carbocycles. The lowest BCUT2D eigenvalue weighted by Crippen LogP contribution is -2.48. The van der Waals surface area contributed by atoms with E-state index in [9.17, 15) is 24.5 Å². The van der Waals surface area contributed by atoms with Gasteiger partial charge in [0.05, 0.1) is 16.3 Å². The van der Waals surface area contributed by atoms with Gasteiger partial charge in [-0.05, 0) is 24.3 Å². The smallest absolute Gasteiger partial charge is 0.293 e. The average Bonchev–Trinajstić information content (AvgIpc) is 2.77. The molecule has 0 radical (unpaired) electrons.